The highest BCUT2D eigenvalue weighted by atomic mass is 16.5. The number of allylic oxidation sites excluding steroid dienone is 1. The van der Waals surface area contributed by atoms with Crippen molar-refractivity contribution in [1.29, 1.82) is 0 Å². The zero-order chi connectivity index (χ0) is 21.8. The molecule has 0 radical (unpaired) electrons. The van der Waals surface area contributed by atoms with Crippen molar-refractivity contribution < 1.29 is 14.3 Å². The number of ketones is 1. The average molecular weight is 407 g/mol. The van der Waals surface area contributed by atoms with Gasteiger partial charge < -0.3 is 9.30 Å². The Morgan fingerprint density at radius 3 is 2.70 bits per heavy atom. The van der Waals surface area contributed by atoms with E-state index in [1.165, 1.54) is 4.57 Å². The predicted molar refractivity (Wildman–Crippen MR) is 115 cm³/mol. The summed E-state index contributed by atoms with van der Waals surface area (Å²) in [5, 5.41) is 0.533. The minimum atomic E-state index is -0.509. The number of carbonyl (C=O) groups excluding carboxylic acids is 2. The smallest absolute Gasteiger partial charge is 0.306 e. The Hall–Kier alpha value is -3.48. The summed E-state index contributed by atoms with van der Waals surface area (Å²) in [5.41, 5.74) is 2.75. The first-order chi connectivity index (χ1) is 14.3. The Labute approximate surface area is 174 Å². The molecular formula is C23H25N3O4. The number of hydrogen-bond donors (Lipinski definition) is 0. The number of carbonyl (C=O) groups is 2. The molecule has 0 saturated carbocycles. The number of esters is 1. The van der Waals surface area contributed by atoms with Crippen LogP contribution in [0.2, 0.25) is 0 Å². The Bertz CT molecular complexity index is 1190. The molecule has 0 amide bonds. The third-order valence-electron chi connectivity index (χ3n) is 5.18. The van der Waals surface area contributed by atoms with Gasteiger partial charge in [-0.15, -0.1) is 6.58 Å². The summed E-state index contributed by atoms with van der Waals surface area (Å²) >= 11 is 0. The molecule has 156 valence electrons. The highest BCUT2D eigenvalue weighted by Gasteiger charge is 2.17. The van der Waals surface area contributed by atoms with Crippen LogP contribution in [0, 0.1) is 13.8 Å². The fourth-order valence-corrected chi connectivity index (χ4v) is 3.49. The largest absolute Gasteiger partial charge is 0.457 e. The van der Waals surface area contributed by atoms with Gasteiger partial charge in [0, 0.05) is 37.0 Å². The number of benzene rings is 1. The maximum atomic E-state index is 12.5. The highest BCUT2D eigenvalue weighted by Crippen LogP contribution is 2.16. The number of rotatable bonds is 8. The number of fused-ring (bicyclic) bond motifs is 1. The molecule has 0 fully saturated rings. The van der Waals surface area contributed by atoms with Gasteiger partial charge in [-0.25, -0.2) is 4.98 Å². The quantitative estimate of drug-likeness (QED) is 0.326. The Kier molecular flexibility index (Phi) is 6.30. The maximum Gasteiger partial charge on any atom is 0.306 e. The molecule has 0 spiro atoms. The Morgan fingerprint density at radius 2 is 1.97 bits per heavy atom. The summed E-state index contributed by atoms with van der Waals surface area (Å²) in [4.78, 5) is 41.5. The summed E-state index contributed by atoms with van der Waals surface area (Å²) in [7, 11) is 1.63. The van der Waals surface area contributed by atoms with Crippen molar-refractivity contribution >= 4 is 22.7 Å². The lowest BCUT2D eigenvalue weighted by molar-refractivity contribution is -0.142. The summed E-state index contributed by atoms with van der Waals surface area (Å²) in [6.07, 6.45) is 2.04. The van der Waals surface area contributed by atoms with E-state index in [-0.39, 0.29) is 30.8 Å². The number of ether oxygens (including phenoxy) is 1. The summed E-state index contributed by atoms with van der Waals surface area (Å²) < 4.78 is 8.59. The molecule has 1 aromatic carbocycles. The molecule has 2 heterocycles. The third-order valence-corrected chi connectivity index (χ3v) is 5.18. The first-order valence-corrected chi connectivity index (χ1v) is 9.74. The van der Waals surface area contributed by atoms with Crippen molar-refractivity contribution in [3.8, 4) is 0 Å². The van der Waals surface area contributed by atoms with Gasteiger partial charge in [-0.1, -0.05) is 18.2 Å². The van der Waals surface area contributed by atoms with E-state index in [2.05, 4.69) is 11.6 Å². The van der Waals surface area contributed by atoms with Crippen LogP contribution in [-0.4, -0.2) is 32.5 Å². The van der Waals surface area contributed by atoms with E-state index in [1.807, 2.05) is 24.5 Å². The number of hydrogen-bond acceptors (Lipinski definition) is 5. The second kappa shape index (κ2) is 8.90. The first-order valence-electron chi connectivity index (χ1n) is 9.74. The van der Waals surface area contributed by atoms with E-state index in [1.54, 1.807) is 37.4 Å². The van der Waals surface area contributed by atoms with Gasteiger partial charge in [-0.05, 0) is 32.0 Å². The molecule has 30 heavy (non-hydrogen) atoms. The lowest BCUT2D eigenvalue weighted by atomic mass is 10.1. The summed E-state index contributed by atoms with van der Waals surface area (Å²) in [5.74, 6) is -0.261. The third kappa shape index (κ3) is 4.25. The van der Waals surface area contributed by atoms with Gasteiger partial charge in [0.2, 0.25) is 5.78 Å². The second-order valence-electron chi connectivity index (χ2n) is 7.18. The number of aryl methyl sites for hydroxylation is 2. The number of para-hydroxylation sites is 1. The topological polar surface area (TPSA) is 83.2 Å². The molecule has 0 bridgehead atoms. The predicted octanol–water partition coefficient (Wildman–Crippen LogP) is 2.90. The van der Waals surface area contributed by atoms with Crippen LogP contribution in [0.3, 0.4) is 0 Å². The van der Waals surface area contributed by atoms with E-state index in [0.29, 0.717) is 28.8 Å². The van der Waals surface area contributed by atoms with Crippen LogP contribution in [0.5, 0.6) is 0 Å². The number of nitrogens with zero attached hydrogens (tertiary/aromatic N) is 3. The summed E-state index contributed by atoms with van der Waals surface area (Å²) in [6.45, 7) is 7.79. The fraction of sp³-hybridized carbons (Fsp3) is 0.304. The molecule has 0 saturated heterocycles. The van der Waals surface area contributed by atoms with Crippen LogP contribution in [0.25, 0.3) is 10.9 Å². The monoisotopic (exact) mass is 407 g/mol. The minimum absolute atomic E-state index is 0.0292. The van der Waals surface area contributed by atoms with E-state index in [4.69, 9.17) is 4.74 Å². The molecule has 3 rings (SSSR count). The fourth-order valence-electron chi connectivity index (χ4n) is 3.49. The molecule has 2 aromatic heterocycles. The van der Waals surface area contributed by atoms with E-state index >= 15 is 0 Å². The molecule has 0 unspecified atom stereocenters. The SMILES string of the molecule is C=CCn1c(C)cc(C(=O)COC(=O)CCc2nc3ccccc3c(=O)n2C)c1C. The van der Waals surface area contributed by atoms with Crippen molar-refractivity contribution in [2.45, 2.75) is 33.2 Å². The molecule has 0 aliphatic carbocycles. The molecule has 0 N–H and O–H groups in total. The molecule has 7 nitrogen and oxygen atoms in total. The van der Waals surface area contributed by atoms with Crippen molar-refractivity contribution in [1.82, 2.24) is 14.1 Å². The second-order valence-corrected chi connectivity index (χ2v) is 7.18. The standard InChI is InChI=1S/C23H25N3O4/c1-5-12-26-15(2)13-18(16(26)3)20(27)14-30-22(28)11-10-21-24-19-9-7-6-8-17(19)23(29)25(21)4/h5-9,13H,1,10-12,14H2,2-4H3. The lowest BCUT2D eigenvalue weighted by Crippen LogP contribution is -2.23. The van der Waals surface area contributed by atoms with E-state index in [0.717, 1.165) is 11.4 Å². The summed E-state index contributed by atoms with van der Waals surface area (Å²) in [6, 6.07) is 8.88. The normalized spacial score (nSPS) is 10.9. The van der Waals surface area contributed by atoms with E-state index in [9.17, 15) is 14.4 Å². The van der Waals surface area contributed by atoms with Gasteiger partial charge in [-0.3, -0.25) is 19.0 Å². The maximum absolute atomic E-state index is 12.5. The van der Waals surface area contributed by atoms with Crippen LogP contribution >= 0.6 is 0 Å². The van der Waals surface area contributed by atoms with Crippen molar-refractivity contribution in [2.75, 3.05) is 6.61 Å². The molecule has 3 aromatic rings. The molecule has 7 heteroatoms. The zero-order valence-electron chi connectivity index (χ0n) is 17.5. The molecule has 0 atom stereocenters. The average Bonchev–Trinajstić information content (AvgIpc) is 3.02. The molecular weight excluding hydrogens is 382 g/mol. The minimum Gasteiger partial charge on any atom is -0.457 e. The van der Waals surface area contributed by atoms with Gasteiger partial charge >= 0.3 is 5.97 Å². The van der Waals surface area contributed by atoms with Crippen molar-refractivity contribution in [3.05, 3.63) is 76.1 Å². The van der Waals surface area contributed by atoms with Crippen LogP contribution in [0.15, 0.2) is 47.8 Å². The number of Topliss-reactive ketones (excluding diaryl/α,β-unsaturated/α-hetero) is 1. The highest BCUT2D eigenvalue weighted by molar-refractivity contribution is 5.99. The molecule has 0 aliphatic rings. The van der Waals surface area contributed by atoms with Gasteiger partial charge in [-0.2, -0.15) is 0 Å². The number of aromatic nitrogens is 3. The van der Waals surface area contributed by atoms with Gasteiger partial charge in [0.15, 0.2) is 6.61 Å². The Morgan fingerprint density at radius 1 is 1.23 bits per heavy atom. The van der Waals surface area contributed by atoms with Crippen LogP contribution in [-0.2, 0) is 29.5 Å². The van der Waals surface area contributed by atoms with Gasteiger partial charge in [0.1, 0.15) is 5.82 Å². The first kappa shape index (κ1) is 21.2. The molecule has 0 aliphatic heterocycles. The van der Waals surface area contributed by atoms with E-state index < -0.39 is 5.97 Å². The van der Waals surface area contributed by atoms with Crippen molar-refractivity contribution in [3.63, 3.8) is 0 Å². The van der Waals surface area contributed by atoms with Gasteiger partial charge in [0.05, 0.1) is 17.3 Å². The Balaban J connectivity index is 1.62. The van der Waals surface area contributed by atoms with Crippen LogP contribution in [0.4, 0.5) is 0 Å². The lowest BCUT2D eigenvalue weighted by Gasteiger charge is -2.09. The van der Waals surface area contributed by atoms with Crippen LogP contribution in [0.1, 0.15) is 34.0 Å². The van der Waals surface area contributed by atoms with Gasteiger partial charge in [0.25, 0.3) is 5.56 Å². The zero-order valence-corrected chi connectivity index (χ0v) is 17.5. The van der Waals surface area contributed by atoms with Crippen LogP contribution < -0.4 is 5.56 Å². The van der Waals surface area contributed by atoms with Crippen molar-refractivity contribution in [2.24, 2.45) is 7.05 Å².